The first-order valence-electron chi connectivity index (χ1n) is 11.2. The average molecular weight is 432 g/mol. The van der Waals surface area contributed by atoms with E-state index < -0.39 is 6.36 Å². The summed E-state index contributed by atoms with van der Waals surface area (Å²) >= 11 is 0. The van der Waals surface area contributed by atoms with E-state index in [2.05, 4.69) is 31.7 Å². The molecule has 1 aromatic heterocycles. The molecule has 31 heavy (non-hydrogen) atoms. The summed E-state index contributed by atoms with van der Waals surface area (Å²) in [5.41, 5.74) is 3.66. The lowest BCUT2D eigenvalue weighted by molar-refractivity contribution is -0.274. The largest absolute Gasteiger partial charge is 0.573 e. The minimum Gasteiger partial charge on any atom is -0.406 e. The van der Waals surface area contributed by atoms with Crippen molar-refractivity contribution in [1.29, 1.82) is 0 Å². The zero-order chi connectivity index (χ0) is 21.5. The van der Waals surface area contributed by atoms with Crippen molar-refractivity contribution in [2.45, 2.75) is 69.3 Å². The van der Waals surface area contributed by atoms with Gasteiger partial charge in [-0.3, -0.25) is 9.88 Å². The summed E-state index contributed by atoms with van der Waals surface area (Å²) in [6, 6.07) is 10.6. The first-order valence-corrected chi connectivity index (χ1v) is 11.2. The van der Waals surface area contributed by atoms with Gasteiger partial charge in [-0.25, -0.2) is 0 Å². The molecular weight excluding hydrogens is 403 g/mol. The summed E-state index contributed by atoms with van der Waals surface area (Å²) in [4.78, 5) is 9.44. The number of rotatable bonds is 5. The lowest BCUT2D eigenvalue weighted by Crippen LogP contribution is -2.32. The average Bonchev–Trinajstić information content (AvgIpc) is 3.45. The Morgan fingerprint density at radius 2 is 1.77 bits per heavy atom. The van der Waals surface area contributed by atoms with Gasteiger partial charge < -0.3 is 9.64 Å². The number of halogens is 3. The Morgan fingerprint density at radius 1 is 1.03 bits per heavy atom. The van der Waals surface area contributed by atoms with Crippen LogP contribution < -0.4 is 9.64 Å². The molecule has 0 radical (unpaired) electrons. The van der Waals surface area contributed by atoms with Crippen molar-refractivity contribution in [2.24, 2.45) is 0 Å². The number of ether oxygens (including phenoxy) is 1. The third-order valence-electron chi connectivity index (χ3n) is 7.00. The highest BCUT2D eigenvalue weighted by Gasteiger charge is 2.53. The number of pyridine rings is 1. The van der Waals surface area contributed by atoms with Gasteiger partial charge in [0.2, 0.25) is 0 Å². The molecular formula is C24H28F3N3O. The van der Waals surface area contributed by atoms with Crippen LogP contribution >= 0.6 is 0 Å². The van der Waals surface area contributed by atoms with E-state index in [9.17, 15) is 13.2 Å². The van der Waals surface area contributed by atoms with Crippen molar-refractivity contribution < 1.29 is 17.9 Å². The van der Waals surface area contributed by atoms with E-state index in [4.69, 9.17) is 0 Å². The van der Waals surface area contributed by atoms with Crippen molar-refractivity contribution in [3.8, 4) is 5.75 Å². The molecule has 0 N–H and O–H groups in total. The number of hydrogen-bond donors (Lipinski definition) is 0. The monoisotopic (exact) mass is 431 g/mol. The Hall–Kier alpha value is -2.28. The number of aromatic nitrogens is 1. The second kappa shape index (κ2) is 8.01. The van der Waals surface area contributed by atoms with Crippen molar-refractivity contribution in [3.05, 3.63) is 53.9 Å². The molecule has 3 aliphatic rings. The van der Waals surface area contributed by atoms with E-state index in [0.717, 1.165) is 25.4 Å². The predicted molar refractivity (Wildman–Crippen MR) is 113 cm³/mol. The Labute approximate surface area is 181 Å². The smallest absolute Gasteiger partial charge is 0.406 e. The molecule has 0 bridgehead atoms. The van der Waals surface area contributed by atoms with Gasteiger partial charge in [-0.15, -0.1) is 13.2 Å². The molecule has 0 amide bonds. The second-order valence-electron chi connectivity index (χ2n) is 9.23. The van der Waals surface area contributed by atoms with E-state index in [1.165, 1.54) is 68.3 Å². The van der Waals surface area contributed by atoms with E-state index in [1.807, 2.05) is 6.20 Å². The molecule has 7 heteroatoms. The quantitative estimate of drug-likeness (QED) is 0.595. The van der Waals surface area contributed by atoms with Crippen LogP contribution in [0.2, 0.25) is 0 Å². The molecule has 2 saturated carbocycles. The fraction of sp³-hybridized carbons (Fsp3) is 0.542. The van der Waals surface area contributed by atoms with E-state index >= 15 is 0 Å². The van der Waals surface area contributed by atoms with Crippen LogP contribution in [0.3, 0.4) is 0 Å². The topological polar surface area (TPSA) is 28.6 Å². The van der Waals surface area contributed by atoms with Gasteiger partial charge >= 0.3 is 6.36 Å². The lowest BCUT2D eigenvalue weighted by atomic mass is 9.86. The molecule has 1 aromatic carbocycles. The predicted octanol–water partition coefficient (Wildman–Crippen LogP) is 5.84. The van der Waals surface area contributed by atoms with Gasteiger partial charge in [0.15, 0.2) is 0 Å². The molecule has 0 unspecified atom stereocenters. The maximum Gasteiger partial charge on any atom is 0.573 e. The number of benzene rings is 1. The van der Waals surface area contributed by atoms with Crippen molar-refractivity contribution in [3.63, 3.8) is 0 Å². The van der Waals surface area contributed by atoms with Crippen LogP contribution in [0.4, 0.5) is 18.9 Å². The van der Waals surface area contributed by atoms with Crippen LogP contribution in [-0.2, 0) is 6.54 Å². The van der Waals surface area contributed by atoms with E-state index in [0.29, 0.717) is 5.92 Å². The molecule has 2 heterocycles. The summed E-state index contributed by atoms with van der Waals surface area (Å²) in [7, 11) is 0. The summed E-state index contributed by atoms with van der Waals surface area (Å²) < 4.78 is 41.2. The first-order chi connectivity index (χ1) is 14.9. The fourth-order valence-corrected chi connectivity index (χ4v) is 5.16. The summed E-state index contributed by atoms with van der Waals surface area (Å²) in [5.74, 6) is 0.413. The number of nitrogens with zero attached hydrogens (tertiary/aromatic N) is 3. The maximum atomic E-state index is 12.4. The Morgan fingerprint density at radius 3 is 2.45 bits per heavy atom. The highest BCUT2D eigenvalue weighted by molar-refractivity contribution is 5.51. The molecule has 3 fully saturated rings. The molecule has 2 aromatic rings. The molecule has 4 nitrogen and oxygen atoms in total. The minimum atomic E-state index is -4.66. The van der Waals surface area contributed by atoms with E-state index in [1.54, 1.807) is 12.1 Å². The first kappa shape index (κ1) is 20.6. The summed E-state index contributed by atoms with van der Waals surface area (Å²) in [6.45, 7) is 2.57. The second-order valence-corrected chi connectivity index (χ2v) is 9.23. The van der Waals surface area contributed by atoms with Crippen LogP contribution in [0.15, 0.2) is 42.6 Å². The molecule has 2 aliphatic carbocycles. The van der Waals surface area contributed by atoms with Crippen LogP contribution in [0.5, 0.6) is 5.75 Å². The van der Waals surface area contributed by atoms with Crippen LogP contribution in [0, 0.1) is 0 Å². The minimum absolute atomic E-state index is 0.180. The molecule has 1 saturated heterocycles. The lowest BCUT2D eigenvalue weighted by Gasteiger charge is -2.24. The van der Waals surface area contributed by atoms with Gasteiger partial charge in [0, 0.05) is 42.1 Å². The number of alkyl halides is 3. The standard InChI is InChI=1S/C24H28F3N3O/c25-24(26,27)31-21-8-6-20(7-9-21)29-16-23(11-12-23)30(17-29)15-18-10-13-28-22(14-18)19-4-2-1-3-5-19/h6-10,13-14,19H,1-5,11-12,15-17H2. The molecule has 166 valence electrons. The van der Waals surface area contributed by atoms with Crippen molar-refractivity contribution in [2.75, 3.05) is 18.1 Å². The third kappa shape index (κ3) is 4.66. The van der Waals surface area contributed by atoms with Crippen molar-refractivity contribution in [1.82, 2.24) is 9.88 Å². The Bertz CT molecular complexity index is 905. The summed E-state index contributed by atoms with van der Waals surface area (Å²) in [5, 5.41) is 0. The van der Waals surface area contributed by atoms with Gasteiger partial charge in [0.1, 0.15) is 5.75 Å². The molecule has 1 aliphatic heterocycles. The fourth-order valence-electron chi connectivity index (χ4n) is 5.16. The van der Waals surface area contributed by atoms with Gasteiger partial charge in [0.25, 0.3) is 0 Å². The molecule has 5 rings (SSSR count). The Kier molecular flexibility index (Phi) is 5.32. The zero-order valence-electron chi connectivity index (χ0n) is 17.6. The number of hydrogen-bond acceptors (Lipinski definition) is 4. The third-order valence-corrected chi connectivity index (χ3v) is 7.00. The molecule has 1 spiro atoms. The SMILES string of the molecule is FC(F)(F)Oc1ccc(N2CN(Cc3ccnc(C4CCCCC4)c3)C3(CC3)C2)cc1. The zero-order valence-corrected chi connectivity index (χ0v) is 17.6. The molecule has 0 atom stereocenters. The highest BCUT2D eigenvalue weighted by atomic mass is 19.4. The Balaban J connectivity index is 1.26. The number of anilines is 1. The van der Waals surface area contributed by atoms with Crippen LogP contribution in [0.1, 0.15) is 62.1 Å². The van der Waals surface area contributed by atoms with E-state index in [-0.39, 0.29) is 11.3 Å². The van der Waals surface area contributed by atoms with Gasteiger partial charge in [0.05, 0.1) is 6.67 Å². The van der Waals surface area contributed by atoms with Gasteiger partial charge in [-0.05, 0) is 67.6 Å². The van der Waals surface area contributed by atoms with Crippen molar-refractivity contribution >= 4 is 5.69 Å². The van der Waals surface area contributed by atoms with Gasteiger partial charge in [-0.2, -0.15) is 0 Å². The van der Waals surface area contributed by atoms with Crippen LogP contribution in [-0.4, -0.2) is 35.0 Å². The van der Waals surface area contributed by atoms with Gasteiger partial charge in [-0.1, -0.05) is 19.3 Å². The highest BCUT2D eigenvalue weighted by Crippen LogP contribution is 2.48. The summed E-state index contributed by atoms with van der Waals surface area (Å²) in [6.07, 6.45) is 6.04. The maximum absolute atomic E-state index is 12.4. The normalized spacial score (nSPS) is 21.6. The van der Waals surface area contributed by atoms with Crippen LogP contribution in [0.25, 0.3) is 0 Å².